The third-order valence-corrected chi connectivity index (χ3v) is 7.00. The Morgan fingerprint density at radius 3 is 2.66 bits per heavy atom. The van der Waals surface area contributed by atoms with Gasteiger partial charge in [0.1, 0.15) is 0 Å². The van der Waals surface area contributed by atoms with Gasteiger partial charge < -0.3 is 20.1 Å². The SMILES string of the molecule is CN(C)CCN(C(=O)C(=O)NCCc1c[nH]c2ccccc12)C1CCS(=O)(=O)C1. The molecular formula is C20H28N4O4S. The smallest absolute Gasteiger partial charge is 0.312 e. The summed E-state index contributed by atoms with van der Waals surface area (Å²) in [5.74, 6) is -1.36. The molecule has 3 rings (SSSR count). The number of carbonyl (C=O) groups is 2. The van der Waals surface area contributed by atoms with Crippen LogP contribution >= 0.6 is 0 Å². The Hall–Kier alpha value is -2.39. The van der Waals surface area contributed by atoms with E-state index in [0.717, 1.165) is 16.5 Å². The van der Waals surface area contributed by atoms with Gasteiger partial charge in [0.2, 0.25) is 0 Å². The summed E-state index contributed by atoms with van der Waals surface area (Å²) in [7, 11) is 0.592. The third-order valence-electron chi connectivity index (χ3n) is 5.25. The highest BCUT2D eigenvalue weighted by Gasteiger charge is 2.36. The highest BCUT2D eigenvalue weighted by Crippen LogP contribution is 2.19. The fourth-order valence-corrected chi connectivity index (χ4v) is 5.36. The van der Waals surface area contributed by atoms with Gasteiger partial charge >= 0.3 is 11.8 Å². The van der Waals surface area contributed by atoms with Gasteiger partial charge in [-0.15, -0.1) is 0 Å². The second-order valence-electron chi connectivity index (χ2n) is 7.72. The number of amides is 2. The van der Waals surface area contributed by atoms with E-state index in [2.05, 4.69) is 10.3 Å². The molecule has 0 bridgehead atoms. The predicted molar refractivity (Wildman–Crippen MR) is 112 cm³/mol. The van der Waals surface area contributed by atoms with Crippen LogP contribution in [0.5, 0.6) is 0 Å². The quantitative estimate of drug-likeness (QED) is 0.632. The molecular weight excluding hydrogens is 392 g/mol. The zero-order valence-electron chi connectivity index (χ0n) is 16.8. The lowest BCUT2D eigenvalue weighted by Crippen LogP contribution is -2.50. The van der Waals surface area contributed by atoms with Crippen molar-refractivity contribution in [3.8, 4) is 0 Å². The molecule has 158 valence electrons. The van der Waals surface area contributed by atoms with Gasteiger partial charge in [0, 0.05) is 42.8 Å². The Morgan fingerprint density at radius 2 is 1.97 bits per heavy atom. The van der Waals surface area contributed by atoms with Gasteiger partial charge in [0.15, 0.2) is 9.84 Å². The van der Waals surface area contributed by atoms with Crippen LogP contribution in [0.25, 0.3) is 10.9 Å². The lowest BCUT2D eigenvalue weighted by atomic mass is 10.1. The van der Waals surface area contributed by atoms with Crippen molar-refractivity contribution in [1.29, 1.82) is 0 Å². The maximum absolute atomic E-state index is 12.8. The Bertz CT molecular complexity index is 983. The summed E-state index contributed by atoms with van der Waals surface area (Å²) in [5, 5.41) is 3.78. The molecule has 29 heavy (non-hydrogen) atoms. The van der Waals surface area contributed by atoms with Gasteiger partial charge in [-0.2, -0.15) is 0 Å². The van der Waals surface area contributed by atoms with Crippen LogP contribution in [0.4, 0.5) is 0 Å². The first-order chi connectivity index (χ1) is 13.8. The Morgan fingerprint density at radius 1 is 1.21 bits per heavy atom. The molecule has 1 saturated heterocycles. The van der Waals surface area contributed by atoms with Gasteiger partial charge in [-0.25, -0.2) is 8.42 Å². The van der Waals surface area contributed by atoms with Crippen molar-refractivity contribution < 1.29 is 18.0 Å². The number of hydrogen-bond donors (Lipinski definition) is 2. The second-order valence-corrected chi connectivity index (χ2v) is 9.95. The van der Waals surface area contributed by atoms with Crippen LogP contribution in [0.15, 0.2) is 30.5 Å². The number of aromatic amines is 1. The molecule has 0 radical (unpaired) electrons. The lowest BCUT2D eigenvalue weighted by Gasteiger charge is -2.28. The summed E-state index contributed by atoms with van der Waals surface area (Å²) >= 11 is 0. The molecule has 0 saturated carbocycles. The fourth-order valence-electron chi connectivity index (χ4n) is 3.63. The topological polar surface area (TPSA) is 103 Å². The maximum atomic E-state index is 12.8. The van der Waals surface area contributed by atoms with E-state index < -0.39 is 27.7 Å². The minimum absolute atomic E-state index is 0.0611. The molecule has 0 spiro atoms. The normalized spacial score (nSPS) is 18.2. The molecule has 1 fully saturated rings. The molecule has 2 heterocycles. The van der Waals surface area contributed by atoms with E-state index in [9.17, 15) is 18.0 Å². The van der Waals surface area contributed by atoms with Crippen molar-refractivity contribution in [2.45, 2.75) is 18.9 Å². The number of carbonyl (C=O) groups excluding carboxylic acids is 2. The molecule has 0 aliphatic carbocycles. The van der Waals surface area contributed by atoms with E-state index in [1.165, 1.54) is 4.90 Å². The minimum Gasteiger partial charge on any atom is -0.361 e. The average molecular weight is 421 g/mol. The number of nitrogens with zero attached hydrogens (tertiary/aromatic N) is 2. The summed E-state index contributed by atoms with van der Waals surface area (Å²) < 4.78 is 23.7. The van der Waals surface area contributed by atoms with E-state index in [1.54, 1.807) is 0 Å². The van der Waals surface area contributed by atoms with Crippen molar-refractivity contribution in [3.63, 3.8) is 0 Å². The minimum atomic E-state index is -3.15. The lowest BCUT2D eigenvalue weighted by molar-refractivity contribution is -0.147. The molecule has 9 heteroatoms. The summed E-state index contributed by atoms with van der Waals surface area (Å²) in [6.07, 6.45) is 2.88. The van der Waals surface area contributed by atoms with Crippen LogP contribution in [0.1, 0.15) is 12.0 Å². The third kappa shape index (κ3) is 5.36. The number of sulfone groups is 1. The van der Waals surface area contributed by atoms with Gasteiger partial charge in [0.05, 0.1) is 11.5 Å². The van der Waals surface area contributed by atoms with Crippen molar-refractivity contribution in [2.75, 3.05) is 45.2 Å². The molecule has 1 unspecified atom stereocenters. The number of aromatic nitrogens is 1. The van der Waals surface area contributed by atoms with E-state index in [0.29, 0.717) is 32.5 Å². The first kappa shape index (κ1) is 21.3. The van der Waals surface area contributed by atoms with Gasteiger partial charge in [-0.05, 0) is 38.6 Å². The number of fused-ring (bicyclic) bond motifs is 1. The summed E-state index contributed by atoms with van der Waals surface area (Å²) in [4.78, 5) is 31.7. The highest BCUT2D eigenvalue weighted by atomic mass is 32.2. The molecule has 2 aromatic rings. The van der Waals surface area contributed by atoms with Crippen LogP contribution < -0.4 is 5.32 Å². The van der Waals surface area contributed by atoms with Crippen LogP contribution in [0.3, 0.4) is 0 Å². The molecule has 1 atom stereocenters. The summed E-state index contributed by atoms with van der Waals surface area (Å²) in [6.45, 7) is 1.21. The van der Waals surface area contributed by atoms with Gasteiger partial charge in [-0.1, -0.05) is 18.2 Å². The number of nitrogens with one attached hydrogen (secondary N) is 2. The number of benzene rings is 1. The molecule has 2 N–H and O–H groups in total. The Labute approximate surface area is 171 Å². The van der Waals surface area contributed by atoms with Crippen molar-refractivity contribution in [3.05, 3.63) is 36.0 Å². The first-order valence-electron chi connectivity index (χ1n) is 9.76. The van der Waals surface area contributed by atoms with E-state index in [-0.39, 0.29) is 11.5 Å². The highest BCUT2D eigenvalue weighted by molar-refractivity contribution is 7.91. The maximum Gasteiger partial charge on any atom is 0.312 e. The monoisotopic (exact) mass is 420 g/mol. The zero-order chi connectivity index (χ0) is 21.0. The summed E-state index contributed by atoms with van der Waals surface area (Å²) in [6, 6.07) is 7.47. The number of para-hydroxylation sites is 1. The summed E-state index contributed by atoms with van der Waals surface area (Å²) in [5.41, 5.74) is 2.10. The van der Waals surface area contributed by atoms with Crippen LogP contribution in [-0.2, 0) is 25.8 Å². The average Bonchev–Trinajstić information content (AvgIpc) is 3.24. The molecule has 1 aliphatic rings. The Kier molecular flexibility index (Phi) is 6.59. The molecule has 2 amide bonds. The van der Waals surface area contributed by atoms with Crippen LogP contribution in [0.2, 0.25) is 0 Å². The van der Waals surface area contributed by atoms with Crippen LogP contribution in [0, 0.1) is 0 Å². The Balaban J connectivity index is 1.60. The second kappa shape index (κ2) is 8.96. The molecule has 1 aromatic heterocycles. The van der Waals surface area contributed by atoms with Gasteiger partial charge in [0.25, 0.3) is 0 Å². The molecule has 1 aliphatic heterocycles. The van der Waals surface area contributed by atoms with Gasteiger partial charge in [-0.3, -0.25) is 9.59 Å². The number of H-pyrrole nitrogens is 1. The number of hydrogen-bond acceptors (Lipinski definition) is 5. The van der Waals surface area contributed by atoms with Crippen LogP contribution in [-0.4, -0.2) is 86.3 Å². The van der Waals surface area contributed by atoms with E-state index >= 15 is 0 Å². The largest absolute Gasteiger partial charge is 0.361 e. The van der Waals surface area contributed by atoms with Crippen molar-refractivity contribution >= 4 is 32.6 Å². The van der Waals surface area contributed by atoms with E-state index in [4.69, 9.17) is 0 Å². The number of rotatable bonds is 7. The fraction of sp³-hybridized carbons (Fsp3) is 0.500. The number of likely N-dealkylation sites (N-methyl/N-ethyl adjacent to an activating group) is 1. The zero-order valence-corrected chi connectivity index (χ0v) is 17.7. The van der Waals surface area contributed by atoms with E-state index in [1.807, 2.05) is 49.5 Å². The van der Waals surface area contributed by atoms with Crippen molar-refractivity contribution in [1.82, 2.24) is 20.1 Å². The predicted octanol–water partition coefficient (Wildman–Crippen LogP) is 0.404. The molecule has 1 aromatic carbocycles. The standard InChI is InChI=1S/C20H28N4O4S/c1-23(2)10-11-24(16-8-12-29(27,28)14-16)20(26)19(25)21-9-7-15-13-22-18-6-4-3-5-17(15)18/h3-6,13,16,22H,7-12,14H2,1-2H3,(H,21,25). The van der Waals surface area contributed by atoms with Crippen molar-refractivity contribution in [2.24, 2.45) is 0 Å². The first-order valence-corrected chi connectivity index (χ1v) is 11.6. The molecule has 8 nitrogen and oxygen atoms in total.